The number of aromatic nitrogens is 2. The summed E-state index contributed by atoms with van der Waals surface area (Å²) < 4.78 is 0. The summed E-state index contributed by atoms with van der Waals surface area (Å²) in [6.45, 7) is 2.66. The molecule has 1 aliphatic heterocycles. The van der Waals surface area contributed by atoms with E-state index < -0.39 is 0 Å². The molecule has 2 aromatic heterocycles. The van der Waals surface area contributed by atoms with E-state index in [0.29, 0.717) is 5.69 Å². The molecule has 0 atom stereocenters. The zero-order valence-corrected chi connectivity index (χ0v) is 13.7. The van der Waals surface area contributed by atoms with Gasteiger partial charge in [-0.05, 0) is 30.2 Å². The van der Waals surface area contributed by atoms with Crippen molar-refractivity contribution in [2.24, 2.45) is 4.99 Å². The number of hydrogen-bond acceptors (Lipinski definition) is 4. The molecule has 0 fully saturated rings. The zero-order chi connectivity index (χ0) is 16.5. The van der Waals surface area contributed by atoms with E-state index in [1.807, 2.05) is 6.07 Å². The molecule has 0 saturated heterocycles. The lowest BCUT2D eigenvalue weighted by atomic mass is 10.0. The van der Waals surface area contributed by atoms with Crippen LogP contribution in [0.15, 0.2) is 41.4 Å². The van der Waals surface area contributed by atoms with Crippen LogP contribution in [0.5, 0.6) is 5.75 Å². The third-order valence-electron chi connectivity index (χ3n) is 4.56. The molecule has 0 radical (unpaired) electrons. The van der Waals surface area contributed by atoms with Gasteiger partial charge in [-0.3, -0.25) is 9.89 Å². The fourth-order valence-electron chi connectivity index (χ4n) is 3.43. The van der Waals surface area contributed by atoms with Gasteiger partial charge in [0.25, 0.3) is 0 Å². The van der Waals surface area contributed by atoms with Crippen LogP contribution in [0.25, 0.3) is 10.9 Å². The molecule has 5 nitrogen and oxygen atoms in total. The molecule has 3 heterocycles. The minimum Gasteiger partial charge on any atom is -0.506 e. The quantitative estimate of drug-likeness (QED) is 0.729. The van der Waals surface area contributed by atoms with Crippen LogP contribution in [0.4, 0.5) is 0 Å². The van der Waals surface area contributed by atoms with E-state index in [4.69, 9.17) is 0 Å². The Hall–Kier alpha value is -2.66. The second-order valence-corrected chi connectivity index (χ2v) is 6.18. The lowest BCUT2D eigenvalue weighted by Crippen LogP contribution is -2.30. The summed E-state index contributed by atoms with van der Waals surface area (Å²) in [5, 5.41) is 11.2. The lowest BCUT2D eigenvalue weighted by Gasteiger charge is -2.26. The van der Waals surface area contributed by atoms with Crippen LogP contribution >= 0.6 is 0 Å². The van der Waals surface area contributed by atoms with E-state index in [-0.39, 0.29) is 5.75 Å². The number of hydrogen-bond donors (Lipinski definition) is 2. The number of nitrogens with one attached hydrogen (secondary N) is 1. The van der Waals surface area contributed by atoms with Crippen molar-refractivity contribution in [3.8, 4) is 5.75 Å². The van der Waals surface area contributed by atoms with Crippen molar-refractivity contribution < 1.29 is 5.11 Å². The number of aliphatic imine (C=N–C) groups is 1. The summed E-state index contributed by atoms with van der Waals surface area (Å²) in [5.41, 5.74) is 5.44. The molecule has 0 saturated carbocycles. The highest BCUT2D eigenvalue weighted by Gasteiger charge is 2.20. The number of aromatic hydroxyl groups is 1. The molecule has 1 aliphatic rings. The highest BCUT2D eigenvalue weighted by atomic mass is 16.3. The third kappa shape index (κ3) is 2.67. The molecule has 0 aliphatic carbocycles. The first-order valence-electron chi connectivity index (χ1n) is 8.16. The van der Waals surface area contributed by atoms with E-state index >= 15 is 0 Å². The molecule has 4 rings (SSSR count). The number of rotatable bonds is 3. The Morgan fingerprint density at radius 2 is 2.17 bits per heavy atom. The van der Waals surface area contributed by atoms with Gasteiger partial charge in [0.15, 0.2) is 0 Å². The molecule has 0 bridgehead atoms. The van der Waals surface area contributed by atoms with Crippen molar-refractivity contribution in [3.05, 3.63) is 59.0 Å². The standard InChI is InChI=1S/C19H20N4O/c1-20-10-17-19(24)7-6-13(21-17)11-23-9-8-15-14-4-2-3-5-16(14)22-18(15)12-23/h2-7,10,22,24H,8-9,11-12H2,1H3/b20-10+. The van der Waals surface area contributed by atoms with Crippen molar-refractivity contribution in [1.29, 1.82) is 0 Å². The Labute approximate surface area is 140 Å². The molecular formula is C19H20N4O. The Bertz CT molecular complexity index is 913. The first-order chi connectivity index (χ1) is 11.7. The average molecular weight is 320 g/mol. The minimum atomic E-state index is 0.167. The van der Waals surface area contributed by atoms with E-state index in [9.17, 15) is 5.11 Å². The van der Waals surface area contributed by atoms with E-state index in [1.165, 1.54) is 22.2 Å². The summed E-state index contributed by atoms with van der Waals surface area (Å²) in [4.78, 5) is 14.4. The van der Waals surface area contributed by atoms with Crippen LogP contribution < -0.4 is 0 Å². The van der Waals surface area contributed by atoms with Crippen LogP contribution in [-0.4, -0.2) is 39.8 Å². The monoisotopic (exact) mass is 320 g/mol. The van der Waals surface area contributed by atoms with Gasteiger partial charge in [0.2, 0.25) is 0 Å². The average Bonchev–Trinajstić information content (AvgIpc) is 2.96. The predicted molar refractivity (Wildman–Crippen MR) is 95.5 cm³/mol. The first kappa shape index (κ1) is 14.9. The van der Waals surface area contributed by atoms with Gasteiger partial charge in [-0.2, -0.15) is 0 Å². The van der Waals surface area contributed by atoms with Crippen molar-refractivity contribution >= 4 is 17.1 Å². The Morgan fingerprint density at radius 1 is 1.29 bits per heavy atom. The predicted octanol–water partition coefficient (Wildman–Crippen LogP) is 2.88. The summed E-state index contributed by atoms with van der Waals surface area (Å²) in [6.07, 6.45) is 2.63. The molecule has 0 amide bonds. The molecule has 0 spiro atoms. The minimum absolute atomic E-state index is 0.167. The van der Waals surface area contributed by atoms with Crippen molar-refractivity contribution in [2.45, 2.75) is 19.5 Å². The molecule has 0 unspecified atom stereocenters. The maximum absolute atomic E-state index is 9.81. The lowest BCUT2D eigenvalue weighted by molar-refractivity contribution is 0.240. The molecule has 2 N–H and O–H groups in total. The number of H-pyrrole nitrogens is 1. The van der Waals surface area contributed by atoms with Crippen molar-refractivity contribution in [2.75, 3.05) is 13.6 Å². The van der Waals surface area contributed by atoms with E-state index in [1.54, 1.807) is 19.3 Å². The fourth-order valence-corrected chi connectivity index (χ4v) is 3.43. The van der Waals surface area contributed by atoms with Gasteiger partial charge >= 0.3 is 0 Å². The van der Waals surface area contributed by atoms with Crippen LogP contribution in [0, 0.1) is 0 Å². The van der Waals surface area contributed by atoms with Crippen LogP contribution in [0.2, 0.25) is 0 Å². The van der Waals surface area contributed by atoms with Crippen LogP contribution in [0.3, 0.4) is 0 Å². The normalized spacial score (nSPS) is 15.2. The van der Waals surface area contributed by atoms with Gasteiger partial charge < -0.3 is 10.1 Å². The van der Waals surface area contributed by atoms with Crippen molar-refractivity contribution in [1.82, 2.24) is 14.9 Å². The SMILES string of the molecule is C/N=C/c1nc(CN2CCc3c([nH]c4ccccc34)C2)ccc1O. The second-order valence-electron chi connectivity index (χ2n) is 6.18. The second kappa shape index (κ2) is 6.09. The number of pyridine rings is 1. The highest BCUT2D eigenvalue weighted by Crippen LogP contribution is 2.28. The van der Waals surface area contributed by atoms with Gasteiger partial charge in [-0.1, -0.05) is 18.2 Å². The Kier molecular flexibility index (Phi) is 3.78. The van der Waals surface area contributed by atoms with Gasteiger partial charge in [0.1, 0.15) is 11.4 Å². The van der Waals surface area contributed by atoms with E-state index in [0.717, 1.165) is 31.7 Å². The maximum Gasteiger partial charge on any atom is 0.142 e. The summed E-state index contributed by atoms with van der Waals surface area (Å²) in [7, 11) is 1.68. The van der Waals surface area contributed by atoms with Gasteiger partial charge in [-0.15, -0.1) is 0 Å². The molecule has 3 aromatic rings. The molecule has 5 heteroatoms. The molecule has 122 valence electrons. The molecular weight excluding hydrogens is 300 g/mol. The van der Waals surface area contributed by atoms with E-state index in [2.05, 4.69) is 44.1 Å². The Balaban J connectivity index is 1.56. The molecule has 1 aromatic carbocycles. The summed E-state index contributed by atoms with van der Waals surface area (Å²) in [5.74, 6) is 0.167. The van der Waals surface area contributed by atoms with Crippen LogP contribution in [0.1, 0.15) is 22.6 Å². The summed E-state index contributed by atoms with van der Waals surface area (Å²) in [6, 6.07) is 12.1. The highest BCUT2D eigenvalue weighted by molar-refractivity contribution is 5.84. The van der Waals surface area contributed by atoms with Gasteiger partial charge in [0, 0.05) is 43.3 Å². The smallest absolute Gasteiger partial charge is 0.142 e. The fraction of sp³-hybridized carbons (Fsp3) is 0.263. The number of nitrogens with zero attached hydrogens (tertiary/aromatic N) is 3. The maximum atomic E-state index is 9.81. The van der Waals surface area contributed by atoms with Gasteiger partial charge in [0.05, 0.1) is 11.9 Å². The third-order valence-corrected chi connectivity index (χ3v) is 4.56. The number of benzene rings is 1. The van der Waals surface area contributed by atoms with Crippen molar-refractivity contribution in [3.63, 3.8) is 0 Å². The largest absolute Gasteiger partial charge is 0.506 e. The number of para-hydroxylation sites is 1. The first-order valence-corrected chi connectivity index (χ1v) is 8.16. The van der Waals surface area contributed by atoms with Crippen LogP contribution in [-0.2, 0) is 19.5 Å². The zero-order valence-electron chi connectivity index (χ0n) is 13.7. The molecule has 24 heavy (non-hydrogen) atoms. The van der Waals surface area contributed by atoms with Gasteiger partial charge in [-0.25, -0.2) is 4.98 Å². The topological polar surface area (TPSA) is 64.5 Å². The Morgan fingerprint density at radius 3 is 3.04 bits per heavy atom. The number of aromatic amines is 1. The number of fused-ring (bicyclic) bond motifs is 3. The summed E-state index contributed by atoms with van der Waals surface area (Å²) >= 11 is 0.